The molecule has 0 amide bonds. The van der Waals surface area contributed by atoms with Crippen molar-refractivity contribution in [1.29, 1.82) is 0 Å². The van der Waals surface area contributed by atoms with Crippen molar-refractivity contribution in [1.82, 2.24) is 18.9 Å². The Morgan fingerprint density at radius 1 is 0.510 bits per heavy atom. The zero-order chi connectivity index (χ0) is 32.4. The van der Waals surface area contributed by atoms with Gasteiger partial charge in [-0.15, -0.1) is 0 Å². The van der Waals surface area contributed by atoms with Crippen molar-refractivity contribution >= 4 is 60.2 Å². The predicted octanol–water partition coefficient (Wildman–Crippen LogP) is 11.3. The van der Waals surface area contributed by atoms with Crippen LogP contribution in [0.3, 0.4) is 0 Å². The fourth-order valence-electron chi connectivity index (χ4n) is 8.72. The summed E-state index contributed by atoms with van der Waals surface area (Å²) in [5, 5.41) is 6.01. The normalized spacial score (nSPS) is 13.7. The quantitative estimate of drug-likeness (QED) is 0.179. The SMILES string of the molecule is CC1(C)c2ccccc2-c2cc(-c3ccnc(-n4c5ccccc5c5c6c7ccccc7n7c8ccccc8nc7c6ccc54)c3)ccc21. The number of benzene rings is 6. The van der Waals surface area contributed by atoms with Gasteiger partial charge in [-0.3, -0.25) is 8.97 Å². The van der Waals surface area contributed by atoms with Crippen LogP contribution in [0.4, 0.5) is 0 Å². The lowest BCUT2D eigenvalue weighted by atomic mass is 9.82. The summed E-state index contributed by atoms with van der Waals surface area (Å²) < 4.78 is 4.65. The summed E-state index contributed by atoms with van der Waals surface area (Å²) in [6.45, 7) is 4.66. The molecular formula is C45H30N4. The molecule has 4 heterocycles. The van der Waals surface area contributed by atoms with Gasteiger partial charge in [-0.25, -0.2) is 9.97 Å². The molecule has 0 saturated heterocycles. The first kappa shape index (κ1) is 26.8. The molecule has 4 heteroatoms. The molecular weight excluding hydrogens is 597 g/mol. The van der Waals surface area contributed by atoms with Crippen LogP contribution in [0.5, 0.6) is 0 Å². The minimum Gasteiger partial charge on any atom is -0.294 e. The van der Waals surface area contributed by atoms with Crippen LogP contribution in [0.15, 0.2) is 146 Å². The zero-order valence-corrected chi connectivity index (χ0v) is 27.1. The Balaban J connectivity index is 1.18. The maximum Gasteiger partial charge on any atom is 0.146 e. The van der Waals surface area contributed by atoms with Crippen LogP contribution in [-0.4, -0.2) is 18.9 Å². The molecule has 4 aromatic heterocycles. The summed E-state index contributed by atoms with van der Waals surface area (Å²) in [7, 11) is 0. The minimum absolute atomic E-state index is 0.0154. The highest BCUT2D eigenvalue weighted by molar-refractivity contribution is 6.30. The van der Waals surface area contributed by atoms with Gasteiger partial charge in [0.25, 0.3) is 0 Å². The van der Waals surface area contributed by atoms with E-state index in [0.717, 1.165) is 50.0 Å². The third-order valence-corrected chi connectivity index (χ3v) is 10.9. The van der Waals surface area contributed by atoms with Gasteiger partial charge in [-0.05, 0) is 88.0 Å². The third-order valence-electron chi connectivity index (χ3n) is 10.9. The minimum atomic E-state index is -0.0154. The Hall–Kier alpha value is -6.26. The maximum atomic E-state index is 5.18. The average Bonchev–Trinajstić information content (AvgIpc) is 3.78. The van der Waals surface area contributed by atoms with Gasteiger partial charge in [0.15, 0.2) is 0 Å². The van der Waals surface area contributed by atoms with Crippen LogP contribution < -0.4 is 0 Å². The summed E-state index contributed by atoms with van der Waals surface area (Å²) >= 11 is 0. The fraction of sp³-hybridized carbons (Fsp3) is 0.0667. The van der Waals surface area contributed by atoms with Crippen LogP contribution in [0.2, 0.25) is 0 Å². The fourth-order valence-corrected chi connectivity index (χ4v) is 8.72. The summed E-state index contributed by atoms with van der Waals surface area (Å²) in [5.74, 6) is 0.904. The number of fused-ring (bicyclic) bond motifs is 15. The molecule has 49 heavy (non-hydrogen) atoms. The van der Waals surface area contributed by atoms with Gasteiger partial charge in [0.1, 0.15) is 11.5 Å². The standard InChI is InChI=1S/C45H30N4/c1-45(2)34-14-6-3-11-29(34)33-25-27(19-21-35(33)45)28-23-24-46-41(26-28)48-37-16-8-5-13-31(37)43-40(48)22-20-32-42(43)30-12-4-9-17-38(30)49-39-18-10-7-15-36(39)47-44(32)49/h3-26H,1-2H3. The van der Waals surface area contributed by atoms with Crippen LogP contribution in [0.25, 0.3) is 88.2 Å². The first-order valence-corrected chi connectivity index (χ1v) is 16.9. The molecule has 11 rings (SSSR count). The van der Waals surface area contributed by atoms with E-state index in [9.17, 15) is 0 Å². The highest BCUT2D eigenvalue weighted by Gasteiger charge is 2.35. The zero-order valence-electron chi connectivity index (χ0n) is 27.1. The van der Waals surface area contributed by atoms with E-state index in [2.05, 4.69) is 162 Å². The molecule has 0 aliphatic heterocycles. The molecule has 0 bridgehead atoms. The Morgan fingerprint density at radius 2 is 1.20 bits per heavy atom. The molecule has 230 valence electrons. The van der Waals surface area contributed by atoms with Crippen molar-refractivity contribution in [3.63, 3.8) is 0 Å². The Morgan fingerprint density at radius 3 is 2.08 bits per heavy atom. The summed E-state index contributed by atoms with van der Waals surface area (Å²) in [4.78, 5) is 10.2. The lowest BCUT2D eigenvalue weighted by Crippen LogP contribution is -2.14. The molecule has 0 saturated carbocycles. The summed E-state index contributed by atoms with van der Waals surface area (Å²) in [5.41, 5.74) is 14.3. The summed E-state index contributed by atoms with van der Waals surface area (Å²) in [6, 6.07) is 50.6. The second kappa shape index (κ2) is 9.42. The van der Waals surface area contributed by atoms with Gasteiger partial charge < -0.3 is 0 Å². The van der Waals surface area contributed by atoms with E-state index in [4.69, 9.17) is 9.97 Å². The molecule has 10 aromatic rings. The lowest BCUT2D eigenvalue weighted by molar-refractivity contribution is 0.660. The molecule has 0 unspecified atom stereocenters. The van der Waals surface area contributed by atoms with E-state index < -0.39 is 0 Å². The first-order valence-electron chi connectivity index (χ1n) is 16.9. The van der Waals surface area contributed by atoms with Crippen molar-refractivity contribution in [3.8, 4) is 28.1 Å². The second-order valence-electron chi connectivity index (χ2n) is 13.8. The van der Waals surface area contributed by atoms with Crippen LogP contribution in [-0.2, 0) is 5.41 Å². The molecule has 4 nitrogen and oxygen atoms in total. The smallest absolute Gasteiger partial charge is 0.146 e. The van der Waals surface area contributed by atoms with E-state index in [1.54, 1.807) is 0 Å². The second-order valence-corrected chi connectivity index (χ2v) is 13.8. The van der Waals surface area contributed by atoms with E-state index in [1.807, 2.05) is 6.20 Å². The molecule has 0 spiro atoms. The van der Waals surface area contributed by atoms with Crippen molar-refractivity contribution in [2.75, 3.05) is 0 Å². The average molecular weight is 627 g/mol. The monoisotopic (exact) mass is 626 g/mol. The van der Waals surface area contributed by atoms with Gasteiger partial charge in [-0.1, -0.05) is 98.8 Å². The van der Waals surface area contributed by atoms with E-state index in [-0.39, 0.29) is 5.41 Å². The molecule has 0 fully saturated rings. The topological polar surface area (TPSA) is 35.1 Å². The molecule has 1 aliphatic rings. The highest BCUT2D eigenvalue weighted by Crippen LogP contribution is 2.49. The van der Waals surface area contributed by atoms with Gasteiger partial charge >= 0.3 is 0 Å². The van der Waals surface area contributed by atoms with Crippen molar-refractivity contribution < 1.29 is 0 Å². The first-order chi connectivity index (χ1) is 24.1. The number of pyridine rings is 2. The number of hydrogen-bond acceptors (Lipinski definition) is 2. The predicted molar refractivity (Wildman–Crippen MR) is 203 cm³/mol. The number of aromatic nitrogens is 4. The number of para-hydroxylation sites is 4. The van der Waals surface area contributed by atoms with Crippen LogP contribution in [0.1, 0.15) is 25.0 Å². The molecule has 6 aromatic carbocycles. The van der Waals surface area contributed by atoms with Crippen LogP contribution in [0, 0.1) is 0 Å². The largest absolute Gasteiger partial charge is 0.294 e. The van der Waals surface area contributed by atoms with Gasteiger partial charge in [0.05, 0.1) is 27.6 Å². The molecule has 0 N–H and O–H groups in total. The third kappa shape index (κ3) is 3.47. The van der Waals surface area contributed by atoms with E-state index in [1.165, 1.54) is 49.4 Å². The highest BCUT2D eigenvalue weighted by atomic mass is 15.1. The molecule has 0 atom stereocenters. The van der Waals surface area contributed by atoms with Crippen molar-refractivity contribution in [3.05, 3.63) is 157 Å². The number of rotatable bonds is 2. The van der Waals surface area contributed by atoms with E-state index in [0.29, 0.717) is 0 Å². The van der Waals surface area contributed by atoms with Crippen LogP contribution >= 0.6 is 0 Å². The summed E-state index contributed by atoms with van der Waals surface area (Å²) in [6.07, 6.45) is 1.95. The number of hydrogen-bond donors (Lipinski definition) is 0. The van der Waals surface area contributed by atoms with Gasteiger partial charge in [0, 0.05) is 38.5 Å². The lowest BCUT2D eigenvalue weighted by Gasteiger charge is -2.21. The van der Waals surface area contributed by atoms with E-state index >= 15 is 0 Å². The molecule has 1 aliphatic carbocycles. The van der Waals surface area contributed by atoms with Crippen molar-refractivity contribution in [2.45, 2.75) is 19.3 Å². The van der Waals surface area contributed by atoms with Gasteiger partial charge in [0.2, 0.25) is 0 Å². The van der Waals surface area contributed by atoms with Crippen molar-refractivity contribution in [2.24, 2.45) is 0 Å². The number of imidazole rings is 1. The molecule has 0 radical (unpaired) electrons. The number of nitrogens with zero attached hydrogens (tertiary/aromatic N) is 4. The Kier molecular flexibility index (Phi) is 5.15. The maximum absolute atomic E-state index is 5.18. The van der Waals surface area contributed by atoms with Gasteiger partial charge in [-0.2, -0.15) is 0 Å². The Bertz CT molecular complexity index is 3030. The Labute approximate surface area is 282 Å².